The van der Waals surface area contributed by atoms with Crippen molar-refractivity contribution in [1.29, 1.82) is 0 Å². The first-order valence-corrected chi connectivity index (χ1v) is 10.3. The molecule has 0 saturated carbocycles. The Balaban J connectivity index is 1.33. The highest BCUT2D eigenvalue weighted by Crippen LogP contribution is 2.24. The van der Waals surface area contributed by atoms with Crippen LogP contribution in [-0.4, -0.2) is 20.6 Å². The SMILES string of the molecule is Cc1cc(OCc2ccc(C(=O)Nc3cnn(Cc4cccc(Cl)c4)c3)o2)ccc1[N+](=O)[O-]. The molecule has 0 spiro atoms. The van der Waals surface area contributed by atoms with Crippen LogP contribution in [0.15, 0.2) is 71.4 Å². The van der Waals surface area contributed by atoms with Crippen LogP contribution in [0.4, 0.5) is 11.4 Å². The maximum Gasteiger partial charge on any atom is 0.291 e. The zero-order valence-corrected chi connectivity index (χ0v) is 18.3. The Morgan fingerprint density at radius 1 is 1.24 bits per heavy atom. The molecule has 0 fully saturated rings. The Bertz CT molecular complexity index is 1310. The third-order valence-corrected chi connectivity index (χ3v) is 4.99. The summed E-state index contributed by atoms with van der Waals surface area (Å²) in [7, 11) is 0. The van der Waals surface area contributed by atoms with Gasteiger partial charge in [-0.05, 0) is 48.9 Å². The molecule has 33 heavy (non-hydrogen) atoms. The number of furan rings is 1. The number of ether oxygens (including phenoxy) is 1. The van der Waals surface area contributed by atoms with Crippen molar-refractivity contribution in [2.45, 2.75) is 20.1 Å². The summed E-state index contributed by atoms with van der Waals surface area (Å²) >= 11 is 6.01. The van der Waals surface area contributed by atoms with E-state index in [1.807, 2.05) is 18.2 Å². The Hall–Kier alpha value is -4.11. The number of carbonyl (C=O) groups excluding carboxylic acids is 1. The Morgan fingerprint density at radius 2 is 2.09 bits per heavy atom. The largest absolute Gasteiger partial charge is 0.486 e. The van der Waals surface area contributed by atoms with Gasteiger partial charge >= 0.3 is 0 Å². The number of benzene rings is 2. The standard InChI is InChI=1S/C23H19ClN4O5/c1-15-9-19(5-7-21(15)28(30)31)32-14-20-6-8-22(33-20)23(29)26-18-11-25-27(13-18)12-16-3-2-4-17(24)10-16/h2-11,13H,12,14H2,1H3,(H,26,29). The number of aromatic nitrogens is 2. The van der Waals surface area contributed by atoms with Crippen LogP contribution >= 0.6 is 11.6 Å². The van der Waals surface area contributed by atoms with Crippen LogP contribution < -0.4 is 10.1 Å². The number of anilines is 1. The van der Waals surface area contributed by atoms with E-state index >= 15 is 0 Å². The maximum atomic E-state index is 12.5. The van der Waals surface area contributed by atoms with Crippen LogP contribution in [0.2, 0.25) is 5.02 Å². The van der Waals surface area contributed by atoms with Crippen LogP contribution in [0.3, 0.4) is 0 Å². The van der Waals surface area contributed by atoms with Gasteiger partial charge in [-0.25, -0.2) is 0 Å². The maximum absolute atomic E-state index is 12.5. The topological polar surface area (TPSA) is 112 Å². The van der Waals surface area contributed by atoms with Crippen LogP contribution in [0.5, 0.6) is 5.75 Å². The summed E-state index contributed by atoms with van der Waals surface area (Å²) in [5, 5.41) is 18.5. The normalized spacial score (nSPS) is 10.7. The molecule has 10 heteroatoms. The Labute approximate surface area is 193 Å². The second-order valence-electron chi connectivity index (χ2n) is 7.27. The summed E-state index contributed by atoms with van der Waals surface area (Å²) < 4.78 is 12.9. The van der Waals surface area contributed by atoms with Gasteiger partial charge < -0.3 is 14.5 Å². The molecule has 4 rings (SSSR count). The monoisotopic (exact) mass is 466 g/mol. The first kappa shape index (κ1) is 22.1. The van der Waals surface area contributed by atoms with Crippen molar-refractivity contribution in [1.82, 2.24) is 9.78 Å². The summed E-state index contributed by atoms with van der Waals surface area (Å²) in [4.78, 5) is 23.0. The minimum absolute atomic E-state index is 0.0233. The average Bonchev–Trinajstić information content (AvgIpc) is 3.42. The van der Waals surface area contributed by atoms with Crippen molar-refractivity contribution in [3.63, 3.8) is 0 Å². The smallest absolute Gasteiger partial charge is 0.291 e. The number of carbonyl (C=O) groups is 1. The molecule has 2 heterocycles. The molecular formula is C23H19ClN4O5. The molecule has 0 bridgehead atoms. The summed E-state index contributed by atoms with van der Waals surface area (Å²) in [6.07, 6.45) is 3.26. The molecule has 4 aromatic rings. The number of nitro benzene ring substituents is 1. The zero-order chi connectivity index (χ0) is 23.4. The van der Waals surface area contributed by atoms with Gasteiger partial charge in [0.15, 0.2) is 5.76 Å². The van der Waals surface area contributed by atoms with Crippen molar-refractivity contribution >= 4 is 28.9 Å². The van der Waals surface area contributed by atoms with E-state index < -0.39 is 10.8 Å². The number of rotatable bonds is 8. The molecule has 2 aromatic carbocycles. The highest BCUT2D eigenvalue weighted by Gasteiger charge is 2.14. The van der Waals surface area contributed by atoms with E-state index in [1.165, 1.54) is 12.1 Å². The number of nitrogens with zero attached hydrogens (tertiary/aromatic N) is 3. The predicted molar refractivity (Wildman–Crippen MR) is 122 cm³/mol. The van der Waals surface area contributed by atoms with Crippen LogP contribution in [-0.2, 0) is 13.2 Å². The molecule has 0 saturated heterocycles. The molecule has 1 N–H and O–H groups in total. The highest BCUT2D eigenvalue weighted by atomic mass is 35.5. The fourth-order valence-corrected chi connectivity index (χ4v) is 3.40. The third-order valence-electron chi connectivity index (χ3n) is 4.76. The van der Waals surface area contributed by atoms with E-state index in [1.54, 1.807) is 48.3 Å². The van der Waals surface area contributed by atoms with Crippen molar-refractivity contribution in [3.8, 4) is 5.75 Å². The predicted octanol–water partition coefficient (Wildman–Crippen LogP) is 5.23. The number of halogens is 1. The lowest BCUT2D eigenvalue weighted by Crippen LogP contribution is -2.10. The van der Waals surface area contributed by atoms with E-state index in [0.717, 1.165) is 5.56 Å². The minimum Gasteiger partial charge on any atom is -0.486 e. The highest BCUT2D eigenvalue weighted by molar-refractivity contribution is 6.30. The first-order chi connectivity index (χ1) is 15.9. The van der Waals surface area contributed by atoms with Crippen LogP contribution in [0.1, 0.15) is 27.4 Å². The first-order valence-electron chi connectivity index (χ1n) is 9.92. The third kappa shape index (κ3) is 5.58. The number of aryl methyl sites for hydroxylation is 1. The number of nitro groups is 1. The van der Waals surface area contributed by atoms with Gasteiger partial charge in [0.25, 0.3) is 11.6 Å². The van der Waals surface area contributed by atoms with Gasteiger partial charge in [-0.3, -0.25) is 19.6 Å². The van der Waals surface area contributed by atoms with Crippen molar-refractivity contribution in [3.05, 3.63) is 105 Å². The van der Waals surface area contributed by atoms with Gasteiger partial charge in [0.2, 0.25) is 0 Å². The van der Waals surface area contributed by atoms with Gasteiger partial charge in [-0.1, -0.05) is 23.7 Å². The lowest BCUT2D eigenvalue weighted by Gasteiger charge is -2.05. The van der Waals surface area contributed by atoms with Crippen LogP contribution in [0.25, 0.3) is 0 Å². The number of hydrogen-bond acceptors (Lipinski definition) is 6. The molecule has 9 nitrogen and oxygen atoms in total. The second kappa shape index (κ2) is 9.58. The fourth-order valence-electron chi connectivity index (χ4n) is 3.18. The summed E-state index contributed by atoms with van der Waals surface area (Å²) in [6, 6.07) is 15.1. The Morgan fingerprint density at radius 3 is 2.85 bits per heavy atom. The van der Waals surface area contributed by atoms with Gasteiger partial charge in [-0.2, -0.15) is 5.10 Å². The van der Waals surface area contributed by atoms with E-state index in [9.17, 15) is 14.9 Å². The van der Waals surface area contributed by atoms with Gasteiger partial charge in [0.05, 0.1) is 23.4 Å². The van der Waals surface area contributed by atoms with Gasteiger partial charge in [0, 0.05) is 22.8 Å². The summed E-state index contributed by atoms with van der Waals surface area (Å²) in [5.74, 6) is 0.603. The zero-order valence-electron chi connectivity index (χ0n) is 17.5. The lowest BCUT2D eigenvalue weighted by atomic mass is 10.2. The van der Waals surface area contributed by atoms with Crippen molar-refractivity contribution in [2.75, 3.05) is 5.32 Å². The van der Waals surface area contributed by atoms with Gasteiger partial charge in [0.1, 0.15) is 18.1 Å². The molecule has 168 valence electrons. The molecule has 2 aromatic heterocycles. The molecular weight excluding hydrogens is 448 g/mol. The minimum atomic E-state index is -0.447. The molecule has 0 radical (unpaired) electrons. The lowest BCUT2D eigenvalue weighted by molar-refractivity contribution is -0.385. The second-order valence-corrected chi connectivity index (χ2v) is 7.71. The molecule has 0 aliphatic heterocycles. The Kier molecular flexibility index (Phi) is 6.41. The van der Waals surface area contributed by atoms with E-state index in [2.05, 4.69) is 10.4 Å². The molecule has 0 atom stereocenters. The summed E-state index contributed by atoms with van der Waals surface area (Å²) in [5.41, 5.74) is 2.03. The molecule has 0 aliphatic rings. The van der Waals surface area contributed by atoms with E-state index in [-0.39, 0.29) is 18.1 Å². The summed E-state index contributed by atoms with van der Waals surface area (Å²) in [6.45, 7) is 2.22. The fraction of sp³-hybridized carbons (Fsp3) is 0.130. The van der Waals surface area contributed by atoms with E-state index in [0.29, 0.717) is 34.3 Å². The molecule has 0 unspecified atom stereocenters. The van der Waals surface area contributed by atoms with Crippen molar-refractivity contribution in [2.24, 2.45) is 0 Å². The molecule has 0 aliphatic carbocycles. The quantitative estimate of drug-likeness (QED) is 0.281. The van der Waals surface area contributed by atoms with E-state index in [4.69, 9.17) is 20.8 Å². The van der Waals surface area contributed by atoms with Gasteiger partial charge in [-0.15, -0.1) is 0 Å². The number of nitrogens with one attached hydrogen (secondary N) is 1. The number of hydrogen-bond donors (Lipinski definition) is 1. The van der Waals surface area contributed by atoms with Crippen LogP contribution in [0, 0.1) is 17.0 Å². The van der Waals surface area contributed by atoms with Crippen molar-refractivity contribution < 1.29 is 18.9 Å². The average molecular weight is 467 g/mol. The molecule has 1 amide bonds. The number of amides is 1.